The van der Waals surface area contributed by atoms with Crippen LogP contribution in [-0.4, -0.2) is 28.3 Å². The van der Waals surface area contributed by atoms with E-state index >= 15 is 0 Å². The zero-order valence-corrected chi connectivity index (χ0v) is 11.4. The maximum absolute atomic E-state index is 12.1. The van der Waals surface area contributed by atoms with Gasteiger partial charge in [0.15, 0.2) is 0 Å². The zero-order valence-electron chi connectivity index (χ0n) is 9.79. The second-order valence-electron chi connectivity index (χ2n) is 3.65. The molecule has 1 aromatic carbocycles. The number of rotatable bonds is 6. The van der Waals surface area contributed by atoms with Crippen LogP contribution in [0.15, 0.2) is 29.2 Å². The Bertz CT molecular complexity index is 392. The van der Waals surface area contributed by atoms with Crippen molar-refractivity contribution in [1.29, 1.82) is 0 Å². The standard InChI is InChI=1S/C11H14F3NOS2/c1-18(16)7-6-15-8-9-2-4-10(5-3-9)17-11(12,13)14/h2-5,15H,6-8H2,1H3. The fourth-order valence-corrected chi connectivity index (χ4v) is 2.23. The lowest BCUT2D eigenvalue weighted by atomic mass is 10.2. The van der Waals surface area contributed by atoms with Crippen LogP contribution in [0.4, 0.5) is 13.2 Å². The summed E-state index contributed by atoms with van der Waals surface area (Å²) < 4.78 is 47.1. The second-order valence-corrected chi connectivity index (χ2v) is 6.34. The van der Waals surface area contributed by atoms with E-state index in [1.807, 2.05) is 0 Å². The summed E-state index contributed by atoms with van der Waals surface area (Å²) in [5, 5.41) is 3.08. The molecule has 18 heavy (non-hydrogen) atoms. The van der Waals surface area contributed by atoms with Crippen LogP contribution >= 0.6 is 11.8 Å². The number of alkyl halides is 3. The summed E-state index contributed by atoms with van der Waals surface area (Å²) in [6, 6.07) is 6.22. The van der Waals surface area contributed by atoms with Gasteiger partial charge in [-0.3, -0.25) is 4.21 Å². The van der Waals surface area contributed by atoms with E-state index in [9.17, 15) is 17.4 Å². The van der Waals surface area contributed by atoms with Gasteiger partial charge in [0.1, 0.15) is 0 Å². The Morgan fingerprint density at radius 1 is 1.28 bits per heavy atom. The highest BCUT2D eigenvalue weighted by atomic mass is 32.2. The molecule has 0 heterocycles. The van der Waals surface area contributed by atoms with Gasteiger partial charge < -0.3 is 5.32 Å². The van der Waals surface area contributed by atoms with Crippen LogP contribution < -0.4 is 5.32 Å². The summed E-state index contributed by atoms with van der Waals surface area (Å²) in [5.74, 6) is 0.571. The molecule has 102 valence electrons. The van der Waals surface area contributed by atoms with E-state index in [4.69, 9.17) is 0 Å². The minimum Gasteiger partial charge on any atom is -0.312 e. The third kappa shape index (κ3) is 7.03. The van der Waals surface area contributed by atoms with Gasteiger partial charge >= 0.3 is 5.51 Å². The lowest BCUT2D eigenvalue weighted by Gasteiger charge is -2.07. The second kappa shape index (κ2) is 7.16. The number of thioether (sulfide) groups is 1. The van der Waals surface area contributed by atoms with Crippen molar-refractivity contribution in [3.63, 3.8) is 0 Å². The fourth-order valence-electron chi connectivity index (χ4n) is 1.26. The van der Waals surface area contributed by atoms with E-state index in [2.05, 4.69) is 5.32 Å². The SMILES string of the molecule is CS(=O)CCNCc1ccc(SC(F)(F)F)cc1. The van der Waals surface area contributed by atoms with E-state index in [-0.39, 0.29) is 16.7 Å². The predicted octanol–water partition coefficient (Wildman–Crippen LogP) is 2.77. The van der Waals surface area contributed by atoms with Crippen LogP contribution in [0.25, 0.3) is 0 Å². The topological polar surface area (TPSA) is 29.1 Å². The van der Waals surface area contributed by atoms with Gasteiger partial charge in [-0.1, -0.05) is 12.1 Å². The molecule has 0 spiro atoms. The molecular weight excluding hydrogens is 283 g/mol. The number of nitrogens with one attached hydrogen (secondary N) is 1. The molecule has 1 atom stereocenters. The van der Waals surface area contributed by atoms with Gasteiger partial charge in [-0.2, -0.15) is 13.2 Å². The zero-order chi connectivity index (χ0) is 13.6. The summed E-state index contributed by atoms with van der Waals surface area (Å²) in [7, 11) is -0.829. The van der Waals surface area contributed by atoms with Gasteiger partial charge in [0, 0.05) is 40.8 Å². The quantitative estimate of drug-likeness (QED) is 0.646. The minimum absolute atomic E-state index is 0.119. The lowest BCUT2D eigenvalue weighted by molar-refractivity contribution is -0.0328. The summed E-state index contributed by atoms with van der Waals surface area (Å²) in [6.45, 7) is 1.19. The molecular formula is C11H14F3NOS2. The Morgan fingerprint density at radius 2 is 1.89 bits per heavy atom. The fraction of sp³-hybridized carbons (Fsp3) is 0.455. The molecule has 0 aliphatic rings. The molecule has 0 aliphatic heterocycles. The molecule has 0 aromatic heterocycles. The van der Waals surface area contributed by atoms with Crippen LogP contribution in [0.5, 0.6) is 0 Å². The average Bonchev–Trinajstić information content (AvgIpc) is 2.24. The van der Waals surface area contributed by atoms with Crippen molar-refractivity contribution in [2.24, 2.45) is 0 Å². The van der Waals surface area contributed by atoms with Gasteiger partial charge in [-0.25, -0.2) is 0 Å². The third-order valence-electron chi connectivity index (χ3n) is 2.05. The van der Waals surface area contributed by atoms with E-state index in [0.29, 0.717) is 18.8 Å². The minimum atomic E-state index is -4.25. The summed E-state index contributed by atoms with van der Waals surface area (Å²) in [4.78, 5) is 0.181. The number of halogens is 3. The van der Waals surface area contributed by atoms with Crippen LogP contribution in [0, 0.1) is 0 Å². The normalized spacial score (nSPS) is 13.6. The highest BCUT2D eigenvalue weighted by molar-refractivity contribution is 8.00. The molecule has 0 amide bonds. The first-order valence-corrected chi connectivity index (χ1v) is 7.76. The first kappa shape index (κ1) is 15.5. The van der Waals surface area contributed by atoms with Crippen LogP contribution in [0.3, 0.4) is 0 Å². The maximum atomic E-state index is 12.1. The monoisotopic (exact) mass is 297 g/mol. The van der Waals surface area contributed by atoms with Crippen LogP contribution in [-0.2, 0) is 17.3 Å². The van der Waals surface area contributed by atoms with E-state index in [1.54, 1.807) is 18.4 Å². The number of hydrogen-bond acceptors (Lipinski definition) is 3. The Labute approximate surface area is 111 Å². The molecule has 0 saturated carbocycles. The Kier molecular flexibility index (Phi) is 6.17. The van der Waals surface area contributed by atoms with Crippen molar-refractivity contribution in [2.45, 2.75) is 16.9 Å². The third-order valence-corrected chi connectivity index (χ3v) is 3.57. The van der Waals surface area contributed by atoms with Gasteiger partial charge in [0.05, 0.1) is 0 Å². The predicted molar refractivity (Wildman–Crippen MR) is 69.0 cm³/mol. The smallest absolute Gasteiger partial charge is 0.312 e. The van der Waals surface area contributed by atoms with Crippen molar-refractivity contribution >= 4 is 22.6 Å². The average molecular weight is 297 g/mol. The van der Waals surface area contributed by atoms with Crippen molar-refractivity contribution in [3.8, 4) is 0 Å². The van der Waals surface area contributed by atoms with Gasteiger partial charge in [0.2, 0.25) is 0 Å². The molecule has 2 nitrogen and oxygen atoms in total. The van der Waals surface area contributed by atoms with Crippen molar-refractivity contribution in [1.82, 2.24) is 5.32 Å². The maximum Gasteiger partial charge on any atom is 0.446 e. The van der Waals surface area contributed by atoms with E-state index in [0.717, 1.165) is 5.56 Å². The Balaban J connectivity index is 2.38. The number of benzene rings is 1. The van der Waals surface area contributed by atoms with Gasteiger partial charge in [-0.15, -0.1) is 0 Å². The molecule has 0 fully saturated rings. The van der Waals surface area contributed by atoms with Crippen LogP contribution in [0.2, 0.25) is 0 Å². The summed E-state index contributed by atoms with van der Waals surface area (Å²) in [6.07, 6.45) is 1.63. The van der Waals surface area contributed by atoms with Gasteiger partial charge in [-0.05, 0) is 29.5 Å². The molecule has 0 saturated heterocycles. The van der Waals surface area contributed by atoms with Crippen LogP contribution in [0.1, 0.15) is 5.56 Å². The number of hydrogen-bond donors (Lipinski definition) is 1. The first-order chi connectivity index (χ1) is 8.37. The van der Waals surface area contributed by atoms with Gasteiger partial charge in [0.25, 0.3) is 0 Å². The van der Waals surface area contributed by atoms with Crippen molar-refractivity contribution in [3.05, 3.63) is 29.8 Å². The van der Waals surface area contributed by atoms with E-state index in [1.165, 1.54) is 12.1 Å². The highest BCUT2D eigenvalue weighted by Crippen LogP contribution is 2.36. The largest absolute Gasteiger partial charge is 0.446 e. The lowest BCUT2D eigenvalue weighted by Crippen LogP contribution is -2.19. The summed E-state index contributed by atoms with van der Waals surface area (Å²) >= 11 is -0.119. The molecule has 1 unspecified atom stereocenters. The molecule has 0 aliphatic carbocycles. The molecule has 1 N–H and O–H groups in total. The first-order valence-electron chi connectivity index (χ1n) is 5.22. The molecule has 1 rings (SSSR count). The molecule has 0 bridgehead atoms. The molecule has 0 radical (unpaired) electrons. The van der Waals surface area contributed by atoms with Crippen molar-refractivity contribution in [2.75, 3.05) is 18.6 Å². The Hall–Kier alpha value is -0.530. The van der Waals surface area contributed by atoms with Crippen molar-refractivity contribution < 1.29 is 17.4 Å². The summed E-state index contributed by atoms with van der Waals surface area (Å²) in [5.41, 5.74) is -3.34. The highest BCUT2D eigenvalue weighted by Gasteiger charge is 2.28. The molecule has 1 aromatic rings. The Morgan fingerprint density at radius 3 is 2.39 bits per heavy atom. The van der Waals surface area contributed by atoms with E-state index < -0.39 is 16.3 Å². The molecule has 7 heteroatoms.